The van der Waals surface area contributed by atoms with Gasteiger partial charge in [0.05, 0.1) is 11.6 Å². The number of benzene rings is 3. The van der Waals surface area contributed by atoms with Gasteiger partial charge in [-0.1, -0.05) is 36.4 Å². The minimum atomic E-state index is -3.87. The summed E-state index contributed by atoms with van der Waals surface area (Å²) in [5.41, 5.74) is 2.96. The number of sulfonamides is 1. The number of nitrogens with one attached hydrogen (secondary N) is 2. The highest BCUT2D eigenvalue weighted by Gasteiger charge is 2.23. The average Bonchev–Trinajstić information content (AvgIpc) is 2.74. The van der Waals surface area contributed by atoms with Gasteiger partial charge in [-0.3, -0.25) is 4.72 Å². The molecule has 0 fully saturated rings. The molecular formula is C25H25N3O3S. The van der Waals surface area contributed by atoms with E-state index in [4.69, 9.17) is 9.72 Å². The number of nitrogens with zero attached hydrogens (tertiary/aromatic N) is 1. The van der Waals surface area contributed by atoms with Crippen molar-refractivity contribution in [3.8, 4) is 5.75 Å². The van der Waals surface area contributed by atoms with E-state index in [-0.39, 0.29) is 16.7 Å². The Morgan fingerprint density at radius 1 is 0.875 bits per heavy atom. The lowest BCUT2D eigenvalue weighted by Crippen LogP contribution is -2.16. The van der Waals surface area contributed by atoms with Crippen LogP contribution in [-0.4, -0.2) is 19.5 Å². The van der Waals surface area contributed by atoms with Gasteiger partial charge in [0.1, 0.15) is 16.5 Å². The predicted octanol–water partition coefficient (Wildman–Crippen LogP) is 5.87. The van der Waals surface area contributed by atoms with Crippen molar-refractivity contribution in [3.05, 3.63) is 84.4 Å². The number of ether oxygens (including phenoxy) is 1. The molecule has 1 heterocycles. The minimum Gasteiger partial charge on any atom is -0.489 e. The fourth-order valence-electron chi connectivity index (χ4n) is 3.41. The molecule has 0 unspecified atom stereocenters. The van der Waals surface area contributed by atoms with Gasteiger partial charge in [0.25, 0.3) is 10.0 Å². The van der Waals surface area contributed by atoms with Gasteiger partial charge in [-0.15, -0.1) is 0 Å². The molecule has 2 N–H and O–H groups in total. The molecule has 3 aromatic carbocycles. The Labute approximate surface area is 188 Å². The number of rotatable bonds is 7. The van der Waals surface area contributed by atoms with Gasteiger partial charge in [0, 0.05) is 22.8 Å². The third-order valence-electron chi connectivity index (χ3n) is 4.81. The molecule has 0 atom stereocenters. The first-order chi connectivity index (χ1) is 15.3. The molecule has 0 aliphatic rings. The normalized spacial score (nSPS) is 11.5. The molecule has 0 amide bonds. The van der Waals surface area contributed by atoms with E-state index in [9.17, 15) is 8.42 Å². The summed E-state index contributed by atoms with van der Waals surface area (Å²) >= 11 is 0. The van der Waals surface area contributed by atoms with E-state index >= 15 is 0 Å². The Morgan fingerprint density at radius 3 is 2.12 bits per heavy atom. The van der Waals surface area contributed by atoms with Crippen LogP contribution in [-0.2, 0) is 10.0 Å². The van der Waals surface area contributed by atoms with Crippen molar-refractivity contribution < 1.29 is 13.2 Å². The Kier molecular flexibility index (Phi) is 6.01. The van der Waals surface area contributed by atoms with Gasteiger partial charge in [-0.25, -0.2) is 13.4 Å². The van der Waals surface area contributed by atoms with Crippen LogP contribution in [0.15, 0.2) is 83.8 Å². The van der Waals surface area contributed by atoms with Crippen LogP contribution in [0.2, 0.25) is 0 Å². The van der Waals surface area contributed by atoms with Gasteiger partial charge >= 0.3 is 0 Å². The summed E-state index contributed by atoms with van der Waals surface area (Å²) in [5, 5.41) is 4.04. The molecule has 7 heteroatoms. The van der Waals surface area contributed by atoms with E-state index in [0.717, 1.165) is 16.6 Å². The Morgan fingerprint density at radius 2 is 1.50 bits per heavy atom. The van der Waals surface area contributed by atoms with E-state index < -0.39 is 10.0 Å². The zero-order chi connectivity index (χ0) is 22.7. The van der Waals surface area contributed by atoms with Crippen LogP contribution >= 0.6 is 0 Å². The third-order valence-corrected chi connectivity index (χ3v) is 6.21. The molecule has 164 valence electrons. The lowest BCUT2D eigenvalue weighted by atomic mass is 10.1. The zero-order valence-electron chi connectivity index (χ0n) is 18.2. The van der Waals surface area contributed by atoms with E-state index in [2.05, 4.69) is 10.0 Å². The first-order valence-corrected chi connectivity index (χ1v) is 11.8. The van der Waals surface area contributed by atoms with Crippen LogP contribution in [0.25, 0.3) is 10.9 Å². The van der Waals surface area contributed by atoms with E-state index in [1.807, 2.05) is 63.2 Å². The fourth-order valence-corrected chi connectivity index (χ4v) is 4.61. The van der Waals surface area contributed by atoms with Crippen molar-refractivity contribution >= 4 is 38.1 Å². The summed E-state index contributed by atoms with van der Waals surface area (Å²) < 4.78 is 35.0. The lowest BCUT2D eigenvalue weighted by Gasteiger charge is -2.17. The maximum absolute atomic E-state index is 13.2. The van der Waals surface area contributed by atoms with Crippen LogP contribution in [0.4, 0.5) is 17.2 Å². The van der Waals surface area contributed by atoms with Crippen molar-refractivity contribution in [2.45, 2.75) is 31.8 Å². The Balaban J connectivity index is 1.80. The van der Waals surface area contributed by atoms with Gasteiger partial charge in [0.2, 0.25) is 0 Å². The standard InChI is InChI=1S/C25H25N3O3S/c1-17(2)31-23-16-22-21(15-24(23)32(29,30)28-20-12-8-5-9-13-20)18(3)14-25(27-22)26-19-10-6-4-7-11-19/h4-17,28H,1-3H3,(H,26,27). The Hall–Kier alpha value is -3.58. The molecular weight excluding hydrogens is 422 g/mol. The SMILES string of the molecule is Cc1cc(Nc2ccccc2)nc2cc(OC(C)C)c(S(=O)(=O)Nc3ccccc3)cc12. The second-order valence-corrected chi connectivity index (χ2v) is 9.42. The molecule has 0 aliphatic carbocycles. The average molecular weight is 448 g/mol. The highest BCUT2D eigenvalue weighted by atomic mass is 32.2. The molecule has 0 saturated heterocycles. The molecule has 0 spiro atoms. The van der Waals surface area contributed by atoms with Crippen molar-refractivity contribution in [1.82, 2.24) is 4.98 Å². The largest absolute Gasteiger partial charge is 0.489 e. The van der Waals surface area contributed by atoms with Crippen LogP contribution in [0.5, 0.6) is 5.75 Å². The number of aromatic nitrogens is 1. The number of fused-ring (bicyclic) bond motifs is 1. The molecule has 4 aromatic rings. The highest BCUT2D eigenvalue weighted by Crippen LogP contribution is 2.33. The first kappa shape index (κ1) is 21.6. The van der Waals surface area contributed by atoms with Crippen LogP contribution in [0, 0.1) is 6.92 Å². The number of anilines is 3. The molecule has 0 saturated carbocycles. The van der Waals surface area contributed by atoms with Gasteiger partial charge in [0.15, 0.2) is 0 Å². The van der Waals surface area contributed by atoms with Crippen molar-refractivity contribution in [2.24, 2.45) is 0 Å². The predicted molar refractivity (Wildman–Crippen MR) is 129 cm³/mol. The summed E-state index contributed by atoms with van der Waals surface area (Å²) in [6.45, 7) is 5.65. The van der Waals surface area contributed by atoms with E-state index in [1.54, 1.807) is 36.4 Å². The second-order valence-electron chi connectivity index (χ2n) is 7.77. The van der Waals surface area contributed by atoms with E-state index in [0.29, 0.717) is 17.0 Å². The summed E-state index contributed by atoms with van der Waals surface area (Å²) in [5.74, 6) is 0.939. The number of aryl methyl sites for hydroxylation is 1. The van der Waals surface area contributed by atoms with E-state index in [1.165, 1.54) is 0 Å². The maximum atomic E-state index is 13.2. The minimum absolute atomic E-state index is 0.0798. The second kappa shape index (κ2) is 8.88. The molecule has 0 bridgehead atoms. The summed E-state index contributed by atoms with van der Waals surface area (Å²) in [4.78, 5) is 4.78. The molecule has 0 aliphatic heterocycles. The zero-order valence-corrected chi connectivity index (χ0v) is 19.0. The molecule has 6 nitrogen and oxygen atoms in total. The number of hydrogen-bond acceptors (Lipinski definition) is 5. The quantitative estimate of drug-likeness (QED) is 0.370. The summed E-state index contributed by atoms with van der Waals surface area (Å²) in [6.07, 6.45) is -0.204. The topological polar surface area (TPSA) is 80.3 Å². The van der Waals surface area contributed by atoms with Crippen molar-refractivity contribution in [3.63, 3.8) is 0 Å². The summed E-state index contributed by atoms with van der Waals surface area (Å²) in [7, 11) is -3.87. The molecule has 32 heavy (non-hydrogen) atoms. The number of para-hydroxylation sites is 2. The van der Waals surface area contributed by atoms with Crippen LogP contribution < -0.4 is 14.8 Å². The van der Waals surface area contributed by atoms with Crippen LogP contribution in [0.1, 0.15) is 19.4 Å². The molecule has 4 rings (SSSR count). The molecule has 0 radical (unpaired) electrons. The lowest BCUT2D eigenvalue weighted by molar-refractivity contribution is 0.236. The molecule has 1 aromatic heterocycles. The fraction of sp³-hybridized carbons (Fsp3) is 0.160. The number of hydrogen-bond donors (Lipinski definition) is 2. The Bertz CT molecular complexity index is 1340. The van der Waals surface area contributed by atoms with Gasteiger partial charge in [-0.05, 0) is 62.7 Å². The third kappa shape index (κ3) is 4.84. The van der Waals surface area contributed by atoms with Crippen LogP contribution in [0.3, 0.4) is 0 Å². The highest BCUT2D eigenvalue weighted by molar-refractivity contribution is 7.92. The first-order valence-electron chi connectivity index (χ1n) is 10.3. The maximum Gasteiger partial charge on any atom is 0.265 e. The monoisotopic (exact) mass is 447 g/mol. The smallest absolute Gasteiger partial charge is 0.265 e. The van der Waals surface area contributed by atoms with Gasteiger partial charge < -0.3 is 10.1 Å². The van der Waals surface area contributed by atoms with Crippen molar-refractivity contribution in [1.29, 1.82) is 0 Å². The van der Waals surface area contributed by atoms with Gasteiger partial charge in [-0.2, -0.15) is 0 Å². The van der Waals surface area contributed by atoms with Crippen molar-refractivity contribution in [2.75, 3.05) is 10.0 Å². The summed E-state index contributed by atoms with van der Waals surface area (Å²) in [6, 6.07) is 23.8. The number of pyridine rings is 1.